The first-order valence-electron chi connectivity index (χ1n) is 15.2. The van der Waals surface area contributed by atoms with Gasteiger partial charge in [-0.1, -0.05) is 67.6 Å². The molecule has 1 saturated heterocycles. The first kappa shape index (κ1) is 29.1. The van der Waals surface area contributed by atoms with E-state index in [9.17, 15) is 24.5 Å². The van der Waals surface area contributed by atoms with E-state index in [1.54, 1.807) is 30.5 Å². The van der Waals surface area contributed by atoms with E-state index in [-0.39, 0.29) is 29.8 Å². The van der Waals surface area contributed by atoms with Gasteiger partial charge >= 0.3 is 0 Å². The maximum absolute atomic E-state index is 14.5. The van der Waals surface area contributed by atoms with Crippen LogP contribution < -0.4 is 15.1 Å². The van der Waals surface area contributed by atoms with Crippen molar-refractivity contribution < 1.29 is 24.0 Å². The first-order chi connectivity index (χ1) is 22.3. The molecule has 0 saturated carbocycles. The lowest BCUT2D eigenvalue weighted by atomic mass is 9.47. The van der Waals surface area contributed by atoms with Gasteiger partial charge in [0.1, 0.15) is 5.75 Å². The Morgan fingerprint density at radius 2 is 1.57 bits per heavy atom. The summed E-state index contributed by atoms with van der Waals surface area (Å²) in [6.07, 6.45) is 2.42. The summed E-state index contributed by atoms with van der Waals surface area (Å²) in [4.78, 5) is 53.6. The fourth-order valence-corrected chi connectivity index (χ4v) is 7.38. The number of amides is 3. The maximum Gasteiger partial charge on any atom is 0.269 e. The predicted octanol–water partition coefficient (Wildman–Crippen LogP) is 5.28. The number of nitro groups is 1. The van der Waals surface area contributed by atoms with Crippen LogP contribution in [0.5, 0.6) is 5.75 Å². The van der Waals surface area contributed by atoms with Crippen molar-refractivity contribution in [2.45, 2.75) is 31.1 Å². The number of imide groups is 1. The van der Waals surface area contributed by atoms with Gasteiger partial charge in [0.05, 0.1) is 40.9 Å². The highest BCUT2D eigenvalue weighted by atomic mass is 16.6. The van der Waals surface area contributed by atoms with Crippen molar-refractivity contribution in [3.05, 3.63) is 135 Å². The van der Waals surface area contributed by atoms with E-state index in [1.165, 1.54) is 29.2 Å². The number of carbonyl (C=O) groups excluding carboxylic acids is 3. The molecule has 46 heavy (non-hydrogen) atoms. The van der Waals surface area contributed by atoms with Gasteiger partial charge in [0.15, 0.2) is 0 Å². The van der Waals surface area contributed by atoms with Crippen LogP contribution >= 0.6 is 0 Å². The van der Waals surface area contributed by atoms with Gasteiger partial charge in [0, 0.05) is 24.3 Å². The molecule has 10 nitrogen and oxygen atoms in total. The van der Waals surface area contributed by atoms with Crippen LogP contribution in [0.1, 0.15) is 47.1 Å². The molecule has 1 fully saturated rings. The van der Waals surface area contributed by atoms with Crippen LogP contribution in [0.25, 0.3) is 0 Å². The summed E-state index contributed by atoms with van der Waals surface area (Å²) in [6.45, 7) is 2.58. The van der Waals surface area contributed by atoms with Crippen molar-refractivity contribution in [3.8, 4) is 5.75 Å². The molecule has 1 N–H and O–H groups in total. The fourth-order valence-electron chi connectivity index (χ4n) is 7.38. The number of rotatable bonds is 9. The smallest absolute Gasteiger partial charge is 0.269 e. The molecule has 8 rings (SSSR count). The van der Waals surface area contributed by atoms with Crippen LogP contribution in [0.4, 0.5) is 11.4 Å². The van der Waals surface area contributed by atoms with E-state index in [4.69, 9.17) is 4.74 Å². The summed E-state index contributed by atoms with van der Waals surface area (Å²) in [5, 5.41) is 15.4. The van der Waals surface area contributed by atoms with E-state index in [0.29, 0.717) is 23.6 Å². The van der Waals surface area contributed by atoms with E-state index >= 15 is 0 Å². The number of hydrogen-bond acceptors (Lipinski definition) is 7. The number of hydrogen-bond donors (Lipinski definition) is 1. The van der Waals surface area contributed by atoms with Gasteiger partial charge in [-0.2, -0.15) is 5.10 Å². The van der Waals surface area contributed by atoms with Crippen LogP contribution in [-0.4, -0.2) is 35.5 Å². The minimum Gasteiger partial charge on any atom is -0.494 e. The van der Waals surface area contributed by atoms with Crippen molar-refractivity contribution in [2.24, 2.45) is 16.9 Å². The highest BCUT2D eigenvalue weighted by molar-refractivity contribution is 6.25. The number of ether oxygens (including phenoxy) is 1. The normalized spacial score (nSPS) is 22.4. The molecule has 1 aliphatic heterocycles. The molecule has 2 bridgehead atoms. The number of benzene rings is 4. The summed E-state index contributed by atoms with van der Waals surface area (Å²) >= 11 is 0. The predicted molar refractivity (Wildman–Crippen MR) is 171 cm³/mol. The summed E-state index contributed by atoms with van der Waals surface area (Å²) in [7, 11) is 0. The molecule has 4 aromatic rings. The van der Waals surface area contributed by atoms with Crippen molar-refractivity contribution in [1.82, 2.24) is 5.43 Å². The Balaban J connectivity index is 1.27. The Hall–Kier alpha value is -5.64. The number of nitro benzene ring substituents is 1. The topological polar surface area (TPSA) is 131 Å². The highest BCUT2D eigenvalue weighted by Crippen LogP contribution is 2.63. The lowest BCUT2D eigenvalue weighted by Gasteiger charge is -2.52. The molecule has 1 heterocycles. The zero-order chi connectivity index (χ0) is 32.0. The molecular weight excluding hydrogens is 584 g/mol. The molecule has 4 aromatic carbocycles. The Kier molecular flexibility index (Phi) is 7.19. The van der Waals surface area contributed by atoms with Crippen molar-refractivity contribution in [2.75, 3.05) is 11.5 Å². The van der Waals surface area contributed by atoms with Gasteiger partial charge in [0.2, 0.25) is 17.7 Å². The number of anilines is 1. The summed E-state index contributed by atoms with van der Waals surface area (Å²) in [5.74, 6) is -2.14. The Morgan fingerprint density at radius 1 is 0.935 bits per heavy atom. The average molecular weight is 615 g/mol. The van der Waals surface area contributed by atoms with Crippen molar-refractivity contribution >= 4 is 35.3 Å². The number of nitrogens with one attached hydrogen (secondary N) is 1. The summed E-state index contributed by atoms with van der Waals surface area (Å²) in [5.41, 5.74) is 6.13. The second-order valence-corrected chi connectivity index (χ2v) is 11.8. The number of nitrogens with zero attached hydrogens (tertiary/aromatic N) is 3. The fraction of sp³-hybridized carbons (Fsp3) is 0.222. The second-order valence-electron chi connectivity index (χ2n) is 11.8. The molecule has 0 aromatic heterocycles. The van der Waals surface area contributed by atoms with Gasteiger partial charge in [-0.15, -0.1) is 0 Å². The standard InChI is InChI=1S/C36H30N4O6/c1-2-19-46-25-17-15-23(16-18-25)39-34(42)32-31-26-7-3-5-9-28(26)36(33(32)35(39)43,29-10-6-4-8-27(29)31)21-37-38-30(41)20-22-11-13-24(14-12-22)40(44)45/h3-18,21,31-33H,2,19-20H2,1H3,(H,38,41)/b37-21-/t31?,32-,33-,36?/m1/s1. The lowest BCUT2D eigenvalue weighted by molar-refractivity contribution is -0.384. The monoisotopic (exact) mass is 614 g/mol. The van der Waals surface area contributed by atoms with Gasteiger partial charge in [-0.05, 0) is 58.5 Å². The minimum absolute atomic E-state index is 0.0488. The molecule has 0 radical (unpaired) electrons. The molecule has 10 heteroatoms. The van der Waals surface area contributed by atoms with E-state index < -0.39 is 28.1 Å². The molecule has 230 valence electrons. The third-order valence-corrected chi connectivity index (χ3v) is 9.22. The quantitative estimate of drug-likeness (QED) is 0.118. The van der Waals surface area contributed by atoms with Gasteiger partial charge in [-0.25, -0.2) is 10.3 Å². The zero-order valence-electron chi connectivity index (χ0n) is 25.0. The molecule has 0 unspecified atom stereocenters. The van der Waals surface area contributed by atoms with Crippen LogP contribution in [0.2, 0.25) is 0 Å². The summed E-state index contributed by atoms with van der Waals surface area (Å²) in [6, 6.07) is 28.4. The van der Waals surface area contributed by atoms with Crippen LogP contribution in [0.15, 0.2) is 102 Å². The second kappa shape index (κ2) is 11.4. The lowest BCUT2D eigenvalue weighted by Crippen LogP contribution is -2.54. The van der Waals surface area contributed by atoms with Crippen LogP contribution in [0, 0.1) is 22.0 Å². The van der Waals surface area contributed by atoms with Gasteiger partial charge < -0.3 is 4.74 Å². The Labute approximate surface area is 264 Å². The highest BCUT2D eigenvalue weighted by Gasteiger charge is 2.68. The van der Waals surface area contributed by atoms with Crippen LogP contribution in [0.3, 0.4) is 0 Å². The Bertz CT molecular complexity index is 1860. The third-order valence-electron chi connectivity index (χ3n) is 9.22. The maximum atomic E-state index is 14.5. The summed E-state index contributed by atoms with van der Waals surface area (Å²) < 4.78 is 5.71. The molecular formula is C36H30N4O6. The molecule has 2 atom stereocenters. The third kappa shape index (κ3) is 4.48. The number of carbonyl (C=O) groups is 3. The number of non-ortho nitro benzene ring substituents is 1. The zero-order valence-corrected chi connectivity index (χ0v) is 25.0. The Morgan fingerprint density at radius 3 is 2.17 bits per heavy atom. The molecule has 4 aliphatic rings. The van der Waals surface area contributed by atoms with E-state index in [2.05, 4.69) is 10.5 Å². The SMILES string of the molecule is CCCOc1ccc(N2C(=O)[C@@H]3C4c5ccccc5C(/C=N\NC(=O)Cc5ccc([N+](=O)[O-])cc5)(c5ccccc54)[C@H]3C2=O)cc1. The first-order valence-corrected chi connectivity index (χ1v) is 15.2. The van der Waals surface area contributed by atoms with Gasteiger partial charge in [-0.3, -0.25) is 24.5 Å². The molecule has 0 spiro atoms. The largest absolute Gasteiger partial charge is 0.494 e. The minimum atomic E-state index is -1.13. The van der Waals surface area contributed by atoms with Gasteiger partial charge in [0.25, 0.3) is 5.69 Å². The van der Waals surface area contributed by atoms with E-state index in [0.717, 1.165) is 28.7 Å². The van der Waals surface area contributed by atoms with Crippen molar-refractivity contribution in [1.29, 1.82) is 0 Å². The van der Waals surface area contributed by atoms with Crippen LogP contribution in [-0.2, 0) is 26.2 Å². The van der Waals surface area contributed by atoms with Crippen molar-refractivity contribution in [3.63, 3.8) is 0 Å². The number of hydrazone groups is 1. The average Bonchev–Trinajstić information content (AvgIpc) is 3.34. The molecule has 3 aliphatic carbocycles. The van der Waals surface area contributed by atoms with E-state index in [1.807, 2.05) is 55.5 Å². The molecule has 3 amide bonds.